The fraction of sp³-hybridized carbons (Fsp3) is 0.176. The molecule has 3 rings (SSSR count). The molecule has 0 bridgehead atoms. The molecule has 0 aliphatic heterocycles. The average molecular weight is 299 g/mol. The van der Waals surface area contributed by atoms with Gasteiger partial charge in [-0.25, -0.2) is 0 Å². The van der Waals surface area contributed by atoms with Crippen LogP contribution in [-0.4, -0.2) is 0 Å². The first kappa shape index (κ1) is 13.6. The molecule has 3 heteroatoms. The van der Waals surface area contributed by atoms with E-state index in [-0.39, 0.29) is 0 Å². The van der Waals surface area contributed by atoms with Crippen LogP contribution in [0.4, 0.5) is 0 Å². The Morgan fingerprint density at radius 3 is 2.65 bits per heavy atom. The zero-order chi connectivity index (χ0) is 13.8. The van der Waals surface area contributed by atoms with Crippen molar-refractivity contribution in [1.29, 1.82) is 0 Å². The number of hydrogen-bond acceptors (Lipinski definition) is 3. The van der Waals surface area contributed by atoms with E-state index in [1.165, 1.54) is 21.6 Å². The van der Waals surface area contributed by atoms with Crippen molar-refractivity contribution in [3.63, 3.8) is 0 Å². The number of thiophene rings is 2. The lowest BCUT2D eigenvalue weighted by molar-refractivity contribution is 0.580. The predicted molar refractivity (Wildman–Crippen MR) is 89.3 cm³/mol. The Labute approximate surface area is 127 Å². The summed E-state index contributed by atoms with van der Waals surface area (Å²) >= 11 is 3.58. The molecule has 2 aromatic heterocycles. The first-order valence-corrected chi connectivity index (χ1v) is 8.53. The fourth-order valence-electron chi connectivity index (χ4n) is 2.15. The summed E-state index contributed by atoms with van der Waals surface area (Å²) in [4.78, 5) is 1.38. The molecular formula is C17H17NS2. The molecule has 1 N–H and O–H groups in total. The van der Waals surface area contributed by atoms with Gasteiger partial charge in [0.15, 0.2) is 0 Å². The SMILES string of the molecule is CC(NCc1cc(-c2ccccc2)cs1)c1ccsc1. The topological polar surface area (TPSA) is 12.0 Å². The molecule has 0 amide bonds. The highest BCUT2D eigenvalue weighted by molar-refractivity contribution is 7.10. The third-order valence-electron chi connectivity index (χ3n) is 3.39. The van der Waals surface area contributed by atoms with Gasteiger partial charge >= 0.3 is 0 Å². The standard InChI is InChI=1S/C17H17NS2/c1-13(15-7-8-19-11-15)18-10-17-9-16(12-20-17)14-5-3-2-4-6-14/h2-9,11-13,18H,10H2,1H3. The van der Waals surface area contributed by atoms with Crippen molar-refractivity contribution in [1.82, 2.24) is 5.32 Å². The Morgan fingerprint density at radius 1 is 1.05 bits per heavy atom. The zero-order valence-electron chi connectivity index (χ0n) is 11.4. The Morgan fingerprint density at radius 2 is 1.90 bits per heavy atom. The highest BCUT2D eigenvalue weighted by Crippen LogP contribution is 2.26. The van der Waals surface area contributed by atoms with Gasteiger partial charge in [-0.2, -0.15) is 11.3 Å². The van der Waals surface area contributed by atoms with E-state index >= 15 is 0 Å². The van der Waals surface area contributed by atoms with E-state index < -0.39 is 0 Å². The van der Waals surface area contributed by atoms with Crippen LogP contribution in [0.15, 0.2) is 58.6 Å². The van der Waals surface area contributed by atoms with E-state index in [1.54, 1.807) is 11.3 Å². The summed E-state index contributed by atoms with van der Waals surface area (Å²) in [6.07, 6.45) is 0. The van der Waals surface area contributed by atoms with Crippen LogP contribution >= 0.6 is 22.7 Å². The van der Waals surface area contributed by atoms with Crippen molar-refractivity contribution in [3.05, 3.63) is 69.0 Å². The predicted octanol–water partition coefficient (Wildman–Crippen LogP) is 5.33. The minimum absolute atomic E-state index is 0.406. The lowest BCUT2D eigenvalue weighted by atomic mass is 10.1. The summed E-state index contributed by atoms with van der Waals surface area (Å²) in [6.45, 7) is 3.14. The van der Waals surface area contributed by atoms with Gasteiger partial charge < -0.3 is 5.32 Å². The van der Waals surface area contributed by atoms with Crippen molar-refractivity contribution in [2.45, 2.75) is 19.5 Å². The molecule has 0 aliphatic carbocycles. The van der Waals surface area contributed by atoms with Crippen molar-refractivity contribution in [2.24, 2.45) is 0 Å². The van der Waals surface area contributed by atoms with E-state index in [1.807, 2.05) is 11.3 Å². The molecule has 3 aromatic rings. The maximum Gasteiger partial charge on any atom is 0.0305 e. The molecule has 0 spiro atoms. The van der Waals surface area contributed by atoms with E-state index in [2.05, 4.69) is 70.8 Å². The third-order valence-corrected chi connectivity index (χ3v) is 5.02. The van der Waals surface area contributed by atoms with Crippen LogP contribution in [0.3, 0.4) is 0 Å². The van der Waals surface area contributed by atoms with Crippen molar-refractivity contribution in [2.75, 3.05) is 0 Å². The van der Waals surface area contributed by atoms with E-state index in [0.717, 1.165) is 6.54 Å². The first-order chi connectivity index (χ1) is 9.83. The van der Waals surface area contributed by atoms with Gasteiger partial charge in [-0.3, -0.25) is 0 Å². The lowest BCUT2D eigenvalue weighted by Crippen LogP contribution is -2.16. The van der Waals surface area contributed by atoms with Crippen molar-refractivity contribution in [3.8, 4) is 11.1 Å². The van der Waals surface area contributed by atoms with Crippen LogP contribution in [0, 0.1) is 0 Å². The molecule has 0 aliphatic rings. The fourth-order valence-corrected chi connectivity index (χ4v) is 3.75. The zero-order valence-corrected chi connectivity index (χ0v) is 13.0. The van der Waals surface area contributed by atoms with Crippen LogP contribution in [0.2, 0.25) is 0 Å². The Balaban J connectivity index is 1.63. The van der Waals surface area contributed by atoms with Gasteiger partial charge in [0.2, 0.25) is 0 Å². The second kappa shape index (κ2) is 6.35. The normalized spacial score (nSPS) is 12.4. The van der Waals surface area contributed by atoms with Crippen molar-refractivity contribution < 1.29 is 0 Å². The van der Waals surface area contributed by atoms with Gasteiger partial charge in [-0.05, 0) is 51.9 Å². The summed E-state index contributed by atoms with van der Waals surface area (Å²) < 4.78 is 0. The van der Waals surface area contributed by atoms with Gasteiger partial charge in [0.25, 0.3) is 0 Å². The Bertz CT molecular complexity index is 641. The quantitative estimate of drug-likeness (QED) is 0.671. The van der Waals surface area contributed by atoms with E-state index in [0.29, 0.717) is 6.04 Å². The summed E-state index contributed by atoms with van der Waals surface area (Å²) in [5.41, 5.74) is 3.98. The molecule has 1 unspecified atom stereocenters. The van der Waals surface area contributed by atoms with Crippen LogP contribution in [0.25, 0.3) is 11.1 Å². The largest absolute Gasteiger partial charge is 0.305 e. The number of hydrogen-bond donors (Lipinski definition) is 1. The van der Waals surface area contributed by atoms with Crippen molar-refractivity contribution >= 4 is 22.7 Å². The molecule has 0 saturated carbocycles. The Kier molecular flexibility index (Phi) is 4.31. The second-order valence-corrected chi connectivity index (χ2v) is 6.60. The molecule has 102 valence electrons. The molecule has 2 heterocycles. The Hall–Kier alpha value is -1.42. The number of nitrogens with one attached hydrogen (secondary N) is 1. The number of benzene rings is 1. The summed E-state index contributed by atoms with van der Waals surface area (Å²) in [7, 11) is 0. The molecule has 1 atom stereocenters. The lowest BCUT2D eigenvalue weighted by Gasteiger charge is -2.11. The summed E-state index contributed by atoms with van der Waals surface area (Å²) in [5, 5.41) is 10.2. The van der Waals surface area contributed by atoms with Gasteiger partial charge in [0.05, 0.1) is 0 Å². The first-order valence-electron chi connectivity index (χ1n) is 6.71. The second-order valence-electron chi connectivity index (χ2n) is 4.83. The van der Waals surface area contributed by atoms with Crippen LogP contribution in [0.1, 0.15) is 23.4 Å². The summed E-state index contributed by atoms with van der Waals surface area (Å²) in [5.74, 6) is 0. The minimum Gasteiger partial charge on any atom is -0.305 e. The molecule has 1 nitrogen and oxygen atoms in total. The number of rotatable bonds is 5. The average Bonchev–Trinajstić information content (AvgIpc) is 3.17. The van der Waals surface area contributed by atoms with E-state index in [4.69, 9.17) is 0 Å². The van der Waals surface area contributed by atoms with Gasteiger partial charge in [0.1, 0.15) is 0 Å². The minimum atomic E-state index is 0.406. The van der Waals surface area contributed by atoms with Crippen LogP contribution < -0.4 is 5.32 Å². The third kappa shape index (κ3) is 3.18. The highest BCUT2D eigenvalue weighted by Gasteiger charge is 2.07. The summed E-state index contributed by atoms with van der Waals surface area (Å²) in [6, 6.07) is 15.4. The van der Waals surface area contributed by atoms with E-state index in [9.17, 15) is 0 Å². The molecule has 1 aromatic carbocycles. The van der Waals surface area contributed by atoms with Crippen LogP contribution in [0.5, 0.6) is 0 Å². The molecular weight excluding hydrogens is 282 g/mol. The maximum absolute atomic E-state index is 3.58. The van der Waals surface area contributed by atoms with Gasteiger partial charge in [0, 0.05) is 17.5 Å². The monoisotopic (exact) mass is 299 g/mol. The smallest absolute Gasteiger partial charge is 0.0305 e. The van der Waals surface area contributed by atoms with Crippen LogP contribution in [-0.2, 0) is 6.54 Å². The highest BCUT2D eigenvalue weighted by atomic mass is 32.1. The van der Waals surface area contributed by atoms with Gasteiger partial charge in [-0.1, -0.05) is 30.3 Å². The van der Waals surface area contributed by atoms with Gasteiger partial charge in [-0.15, -0.1) is 11.3 Å². The molecule has 0 radical (unpaired) electrons. The maximum atomic E-state index is 3.58. The molecule has 0 saturated heterocycles. The molecule has 20 heavy (non-hydrogen) atoms. The molecule has 0 fully saturated rings.